The van der Waals surface area contributed by atoms with Crippen molar-refractivity contribution >= 4 is 40.7 Å². The maximum atomic E-state index is 5.77. The van der Waals surface area contributed by atoms with Crippen molar-refractivity contribution in [3.63, 3.8) is 0 Å². The van der Waals surface area contributed by atoms with Gasteiger partial charge in [-0.25, -0.2) is 0 Å². The highest BCUT2D eigenvalue weighted by Gasteiger charge is 2.15. The molecule has 0 saturated carbocycles. The highest BCUT2D eigenvalue weighted by atomic mass is 127. The summed E-state index contributed by atoms with van der Waals surface area (Å²) in [7, 11) is 1.80. The van der Waals surface area contributed by atoms with E-state index < -0.39 is 0 Å². The van der Waals surface area contributed by atoms with Crippen molar-refractivity contribution in [2.24, 2.45) is 4.99 Å². The summed E-state index contributed by atoms with van der Waals surface area (Å²) in [5, 5.41) is 9.27. The molecular weight excluding hydrogens is 441 g/mol. The van der Waals surface area contributed by atoms with Crippen molar-refractivity contribution < 1.29 is 9.47 Å². The number of hydrogen-bond acceptors (Lipinski definition) is 3. The van der Waals surface area contributed by atoms with Gasteiger partial charge >= 0.3 is 0 Å². The van der Waals surface area contributed by atoms with E-state index in [0.29, 0.717) is 0 Å². The first-order valence-corrected chi connectivity index (χ1v) is 8.97. The highest BCUT2D eigenvalue weighted by molar-refractivity contribution is 14.0. The normalized spacial score (nSPS) is 17.1. The Morgan fingerprint density at radius 1 is 1.19 bits per heavy atom. The van der Waals surface area contributed by atoms with E-state index in [9.17, 15) is 0 Å². The second kappa shape index (κ2) is 11.4. The Morgan fingerprint density at radius 3 is 2.85 bits per heavy atom. The van der Waals surface area contributed by atoms with Gasteiger partial charge in [0.2, 0.25) is 0 Å². The molecule has 3 rings (SSSR count). The van der Waals surface area contributed by atoms with Gasteiger partial charge in [0.1, 0.15) is 0 Å². The van der Waals surface area contributed by atoms with Gasteiger partial charge in [-0.05, 0) is 29.2 Å². The SMILES string of the molecule is CN=C(NCCCOC1CCOC1)NCc1cccc2ccccc12.I. The fourth-order valence-corrected chi connectivity index (χ4v) is 3.02. The molecule has 2 aromatic rings. The molecule has 142 valence electrons. The minimum absolute atomic E-state index is 0. The molecular formula is C20H28IN3O2. The summed E-state index contributed by atoms with van der Waals surface area (Å²) in [4.78, 5) is 4.29. The average Bonchev–Trinajstić information content (AvgIpc) is 3.17. The molecule has 1 unspecified atom stereocenters. The fourth-order valence-electron chi connectivity index (χ4n) is 3.02. The number of nitrogens with zero attached hydrogens (tertiary/aromatic N) is 1. The number of guanidine groups is 1. The van der Waals surface area contributed by atoms with E-state index in [1.165, 1.54) is 16.3 Å². The summed E-state index contributed by atoms with van der Waals surface area (Å²) in [5.74, 6) is 0.817. The highest BCUT2D eigenvalue weighted by Crippen LogP contribution is 2.18. The number of aliphatic imine (C=N–C) groups is 1. The molecule has 1 saturated heterocycles. The first kappa shape index (κ1) is 20.9. The molecule has 0 bridgehead atoms. The van der Waals surface area contributed by atoms with Crippen LogP contribution >= 0.6 is 24.0 Å². The van der Waals surface area contributed by atoms with Crippen molar-refractivity contribution in [3.05, 3.63) is 48.0 Å². The van der Waals surface area contributed by atoms with Crippen LogP contribution in [-0.4, -0.2) is 45.5 Å². The van der Waals surface area contributed by atoms with Gasteiger partial charge in [0.05, 0.1) is 12.7 Å². The molecule has 6 heteroatoms. The quantitative estimate of drug-likeness (QED) is 0.283. The molecule has 0 radical (unpaired) electrons. The topological polar surface area (TPSA) is 54.9 Å². The number of benzene rings is 2. The Balaban J connectivity index is 0.00000243. The Bertz CT molecular complexity index is 697. The number of nitrogens with one attached hydrogen (secondary N) is 2. The summed E-state index contributed by atoms with van der Waals surface area (Å²) in [6, 6.07) is 14.8. The Hall–Kier alpha value is -1.38. The molecule has 1 fully saturated rings. The molecule has 2 N–H and O–H groups in total. The van der Waals surface area contributed by atoms with Crippen molar-refractivity contribution in [2.75, 3.05) is 33.4 Å². The number of ether oxygens (including phenoxy) is 2. The molecule has 0 aliphatic carbocycles. The van der Waals surface area contributed by atoms with E-state index in [2.05, 4.69) is 58.1 Å². The van der Waals surface area contributed by atoms with Crippen LogP contribution in [-0.2, 0) is 16.0 Å². The third-order valence-corrected chi connectivity index (χ3v) is 4.40. The van der Waals surface area contributed by atoms with E-state index in [-0.39, 0.29) is 30.1 Å². The maximum Gasteiger partial charge on any atom is 0.191 e. The minimum Gasteiger partial charge on any atom is -0.379 e. The molecule has 1 atom stereocenters. The number of halogens is 1. The van der Waals surface area contributed by atoms with E-state index in [4.69, 9.17) is 9.47 Å². The summed E-state index contributed by atoms with van der Waals surface area (Å²) in [5.41, 5.74) is 1.27. The van der Waals surface area contributed by atoms with E-state index in [1.54, 1.807) is 7.05 Å². The third kappa shape index (κ3) is 6.10. The van der Waals surface area contributed by atoms with Crippen LogP contribution in [0.5, 0.6) is 0 Å². The second-order valence-corrected chi connectivity index (χ2v) is 6.20. The van der Waals surface area contributed by atoms with Crippen LogP contribution in [0.1, 0.15) is 18.4 Å². The average molecular weight is 469 g/mol. The summed E-state index contributed by atoms with van der Waals surface area (Å²) >= 11 is 0. The standard InChI is InChI=1S/C20H27N3O2.HI/c1-21-20(22-11-5-12-25-18-10-13-24-15-18)23-14-17-8-4-7-16-6-2-3-9-19(16)17;/h2-4,6-9,18H,5,10-15H2,1H3,(H2,21,22,23);1H. The lowest BCUT2D eigenvalue weighted by Gasteiger charge is -2.14. The second-order valence-electron chi connectivity index (χ2n) is 6.20. The zero-order chi connectivity index (χ0) is 17.3. The molecule has 5 nitrogen and oxygen atoms in total. The summed E-state index contributed by atoms with van der Waals surface area (Å²) in [6.07, 6.45) is 2.25. The molecule has 0 amide bonds. The lowest BCUT2D eigenvalue weighted by Crippen LogP contribution is -2.37. The van der Waals surface area contributed by atoms with Crippen LogP contribution < -0.4 is 10.6 Å². The molecule has 0 spiro atoms. The predicted molar refractivity (Wildman–Crippen MR) is 117 cm³/mol. The van der Waals surface area contributed by atoms with Crippen LogP contribution in [0.4, 0.5) is 0 Å². The smallest absolute Gasteiger partial charge is 0.191 e. The maximum absolute atomic E-state index is 5.77. The van der Waals surface area contributed by atoms with Gasteiger partial charge in [-0.2, -0.15) is 0 Å². The van der Waals surface area contributed by atoms with Gasteiger partial charge in [-0.1, -0.05) is 42.5 Å². The van der Waals surface area contributed by atoms with Gasteiger partial charge in [-0.15, -0.1) is 24.0 Å². The van der Waals surface area contributed by atoms with Crippen LogP contribution in [0.25, 0.3) is 10.8 Å². The molecule has 1 aliphatic rings. The first-order valence-electron chi connectivity index (χ1n) is 8.97. The molecule has 1 aliphatic heterocycles. The van der Waals surface area contributed by atoms with Gasteiger partial charge in [-0.3, -0.25) is 4.99 Å². The minimum atomic E-state index is 0. The van der Waals surface area contributed by atoms with Gasteiger partial charge in [0.15, 0.2) is 5.96 Å². The van der Waals surface area contributed by atoms with Gasteiger partial charge in [0, 0.05) is 33.4 Å². The van der Waals surface area contributed by atoms with Gasteiger partial charge < -0.3 is 20.1 Å². The van der Waals surface area contributed by atoms with E-state index in [1.807, 2.05) is 0 Å². The molecule has 0 aromatic heterocycles. The number of rotatable bonds is 7. The van der Waals surface area contributed by atoms with E-state index in [0.717, 1.165) is 51.7 Å². The van der Waals surface area contributed by atoms with Gasteiger partial charge in [0.25, 0.3) is 0 Å². The number of hydrogen-bond donors (Lipinski definition) is 2. The van der Waals surface area contributed by atoms with Crippen LogP contribution in [0.2, 0.25) is 0 Å². The summed E-state index contributed by atoms with van der Waals surface area (Å²) in [6.45, 7) is 3.90. The zero-order valence-corrected chi connectivity index (χ0v) is 17.6. The van der Waals surface area contributed by atoms with Crippen LogP contribution in [0, 0.1) is 0 Å². The van der Waals surface area contributed by atoms with Crippen molar-refractivity contribution in [1.29, 1.82) is 0 Å². The number of fused-ring (bicyclic) bond motifs is 1. The van der Waals surface area contributed by atoms with Crippen molar-refractivity contribution in [3.8, 4) is 0 Å². The predicted octanol–water partition coefficient (Wildman–Crippen LogP) is 3.32. The molecule has 26 heavy (non-hydrogen) atoms. The van der Waals surface area contributed by atoms with E-state index >= 15 is 0 Å². The van der Waals surface area contributed by atoms with Crippen molar-refractivity contribution in [1.82, 2.24) is 10.6 Å². The largest absolute Gasteiger partial charge is 0.379 e. The third-order valence-electron chi connectivity index (χ3n) is 4.40. The zero-order valence-electron chi connectivity index (χ0n) is 15.2. The van der Waals surface area contributed by atoms with Crippen LogP contribution in [0.15, 0.2) is 47.5 Å². The fraction of sp³-hybridized carbons (Fsp3) is 0.450. The summed E-state index contributed by atoms with van der Waals surface area (Å²) < 4.78 is 11.1. The lowest BCUT2D eigenvalue weighted by atomic mass is 10.0. The molecule has 2 aromatic carbocycles. The van der Waals surface area contributed by atoms with Crippen LogP contribution in [0.3, 0.4) is 0 Å². The van der Waals surface area contributed by atoms with Crippen molar-refractivity contribution in [2.45, 2.75) is 25.5 Å². The Kier molecular flexibility index (Phi) is 9.14. The lowest BCUT2D eigenvalue weighted by molar-refractivity contribution is 0.0420. The monoisotopic (exact) mass is 469 g/mol. The Labute approximate surface area is 172 Å². The first-order chi connectivity index (χ1) is 12.4. The molecule has 1 heterocycles. The Morgan fingerprint density at radius 2 is 2.04 bits per heavy atom.